The Kier molecular flexibility index (Phi) is 3.22. The highest BCUT2D eigenvalue weighted by molar-refractivity contribution is 6.21. The van der Waals surface area contributed by atoms with Crippen molar-refractivity contribution in [3.8, 4) is 0 Å². The van der Waals surface area contributed by atoms with E-state index in [1.54, 1.807) is 12.1 Å². The summed E-state index contributed by atoms with van der Waals surface area (Å²) in [4.78, 5) is 24.9. The monoisotopic (exact) mass is 274 g/mol. The van der Waals surface area contributed by atoms with Crippen LogP contribution >= 0.6 is 0 Å². The highest BCUT2D eigenvalue weighted by atomic mass is 16.5. The van der Waals surface area contributed by atoms with Gasteiger partial charge < -0.3 is 10.1 Å². The van der Waals surface area contributed by atoms with Crippen LogP contribution in [-0.2, 0) is 4.74 Å². The molecule has 1 heterocycles. The molecule has 0 saturated heterocycles. The Labute approximate surface area is 117 Å². The number of hydrogen-bond acceptors (Lipinski definition) is 4. The predicted octanol–water partition coefficient (Wildman–Crippen LogP) is 1.89. The van der Waals surface area contributed by atoms with E-state index in [1.165, 1.54) is 7.05 Å². The number of benzene rings is 1. The van der Waals surface area contributed by atoms with Crippen LogP contribution in [0.2, 0.25) is 0 Å². The van der Waals surface area contributed by atoms with Crippen LogP contribution in [0.1, 0.15) is 40.5 Å². The number of fused-ring (bicyclic) bond motifs is 1. The summed E-state index contributed by atoms with van der Waals surface area (Å²) < 4.78 is 5.52. The van der Waals surface area contributed by atoms with Crippen LogP contribution < -0.4 is 5.32 Å². The summed E-state index contributed by atoms with van der Waals surface area (Å²) >= 11 is 0. The van der Waals surface area contributed by atoms with Crippen LogP contribution in [-0.4, -0.2) is 42.5 Å². The molecule has 1 fully saturated rings. The van der Waals surface area contributed by atoms with Crippen molar-refractivity contribution in [1.82, 2.24) is 4.90 Å². The van der Waals surface area contributed by atoms with Crippen molar-refractivity contribution in [2.45, 2.75) is 31.9 Å². The van der Waals surface area contributed by atoms with Crippen LogP contribution in [0.4, 0.5) is 5.69 Å². The van der Waals surface area contributed by atoms with Crippen molar-refractivity contribution in [3.63, 3.8) is 0 Å². The maximum absolute atomic E-state index is 11.9. The smallest absolute Gasteiger partial charge is 0.261 e. The van der Waals surface area contributed by atoms with Gasteiger partial charge in [0.2, 0.25) is 0 Å². The van der Waals surface area contributed by atoms with Crippen LogP contribution in [0.15, 0.2) is 18.2 Å². The van der Waals surface area contributed by atoms with Crippen LogP contribution in [0.5, 0.6) is 0 Å². The molecule has 1 aliphatic carbocycles. The number of imide groups is 1. The molecule has 2 aliphatic rings. The Balaban J connectivity index is 1.69. The molecule has 0 radical (unpaired) electrons. The van der Waals surface area contributed by atoms with Crippen LogP contribution in [0, 0.1) is 0 Å². The molecule has 0 unspecified atom stereocenters. The molecule has 1 N–H and O–H groups in total. The van der Waals surface area contributed by atoms with Crippen molar-refractivity contribution in [3.05, 3.63) is 29.3 Å². The molecule has 2 amide bonds. The van der Waals surface area contributed by atoms with Gasteiger partial charge in [-0.2, -0.15) is 0 Å². The van der Waals surface area contributed by atoms with Crippen molar-refractivity contribution < 1.29 is 14.3 Å². The zero-order chi connectivity index (χ0) is 14.3. The third kappa shape index (κ3) is 2.08. The molecule has 0 aromatic heterocycles. The first-order chi connectivity index (χ1) is 9.60. The highest BCUT2D eigenvalue weighted by Gasteiger charge is 2.34. The average molecular weight is 274 g/mol. The summed E-state index contributed by atoms with van der Waals surface area (Å²) in [6, 6.07) is 5.74. The summed E-state index contributed by atoms with van der Waals surface area (Å²) in [6.07, 6.45) is 2.32. The second-order valence-electron chi connectivity index (χ2n) is 5.32. The number of carbonyl (C=O) groups excluding carboxylic acids is 2. The molecule has 3 rings (SSSR count). The van der Waals surface area contributed by atoms with Crippen LogP contribution in [0.3, 0.4) is 0 Å². The number of nitrogens with one attached hydrogen (secondary N) is 1. The van der Waals surface area contributed by atoms with E-state index in [4.69, 9.17) is 4.74 Å². The lowest BCUT2D eigenvalue weighted by Crippen LogP contribution is -2.40. The van der Waals surface area contributed by atoms with Gasteiger partial charge in [-0.1, -0.05) is 0 Å². The van der Waals surface area contributed by atoms with Crippen molar-refractivity contribution in [2.75, 3.05) is 19.0 Å². The second kappa shape index (κ2) is 4.90. The van der Waals surface area contributed by atoms with Gasteiger partial charge in [0.15, 0.2) is 0 Å². The topological polar surface area (TPSA) is 58.6 Å². The first kappa shape index (κ1) is 13.1. The van der Waals surface area contributed by atoms with E-state index in [1.807, 2.05) is 13.0 Å². The minimum Gasteiger partial charge on any atom is -0.382 e. The zero-order valence-corrected chi connectivity index (χ0v) is 11.7. The van der Waals surface area contributed by atoms with Gasteiger partial charge >= 0.3 is 0 Å². The number of nitrogens with zero attached hydrogens (tertiary/aromatic N) is 1. The minimum absolute atomic E-state index is 0.225. The molecule has 1 saturated carbocycles. The fourth-order valence-corrected chi connectivity index (χ4v) is 2.74. The lowest BCUT2D eigenvalue weighted by molar-refractivity contribution is 0.00299. The molecule has 5 nitrogen and oxygen atoms in total. The first-order valence-corrected chi connectivity index (χ1v) is 6.94. The van der Waals surface area contributed by atoms with E-state index in [2.05, 4.69) is 5.32 Å². The lowest BCUT2D eigenvalue weighted by Gasteiger charge is -2.36. The summed E-state index contributed by atoms with van der Waals surface area (Å²) in [5.74, 6) is -0.453. The van der Waals surface area contributed by atoms with Gasteiger partial charge in [-0.3, -0.25) is 14.5 Å². The molecule has 106 valence electrons. The van der Waals surface area contributed by atoms with Gasteiger partial charge in [0.25, 0.3) is 11.8 Å². The number of carbonyl (C=O) groups is 2. The third-order valence-electron chi connectivity index (χ3n) is 3.96. The minimum atomic E-state index is -0.227. The van der Waals surface area contributed by atoms with Crippen molar-refractivity contribution in [2.24, 2.45) is 0 Å². The van der Waals surface area contributed by atoms with Gasteiger partial charge in [-0.15, -0.1) is 0 Å². The molecule has 0 atom stereocenters. The van der Waals surface area contributed by atoms with E-state index < -0.39 is 0 Å². The van der Waals surface area contributed by atoms with E-state index in [0.29, 0.717) is 23.3 Å². The van der Waals surface area contributed by atoms with Crippen LogP contribution in [0.25, 0.3) is 0 Å². The summed E-state index contributed by atoms with van der Waals surface area (Å²) in [6.45, 7) is 2.75. The molecule has 0 bridgehead atoms. The zero-order valence-electron chi connectivity index (χ0n) is 11.7. The summed E-state index contributed by atoms with van der Waals surface area (Å²) in [5.41, 5.74) is 1.87. The number of amides is 2. The number of rotatable bonds is 4. The maximum Gasteiger partial charge on any atom is 0.261 e. The first-order valence-electron chi connectivity index (χ1n) is 6.94. The van der Waals surface area contributed by atoms with Crippen molar-refractivity contribution in [1.29, 1.82) is 0 Å². The lowest BCUT2D eigenvalue weighted by atomic mass is 9.89. The van der Waals surface area contributed by atoms with Crippen molar-refractivity contribution >= 4 is 17.5 Å². The molecule has 1 aliphatic heterocycles. The molecular formula is C15H18N2O3. The Morgan fingerprint density at radius 2 is 1.95 bits per heavy atom. The molecular weight excluding hydrogens is 256 g/mol. The average Bonchev–Trinajstić information content (AvgIpc) is 2.62. The Hall–Kier alpha value is -1.88. The number of hydrogen-bond donors (Lipinski definition) is 1. The highest BCUT2D eigenvalue weighted by Crippen LogP contribution is 2.29. The number of anilines is 1. The second-order valence-corrected chi connectivity index (χ2v) is 5.32. The van der Waals surface area contributed by atoms with Gasteiger partial charge in [0, 0.05) is 25.4 Å². The Bertz CT molecular complexity index is 564. The van der Waals surface area contributed by atoms with E-state index in [9.17, 15) is 9.59 Å². The summed E-state index contributed by atoms with van der Waals surface area (Å²) in [5, 5.41) is 3.38. The summed E-state index contributed by atoms with van der Waals surface area (Å²) in [7, 11) is 1.51. The van der Waals surface area contributed by atoms with Gasteiger partial charge in [0.1, 0.15) is 0 Å². The maximum atomic E-state index is 11.9. The standard InChI is InChI=1S/C15H18N2O3/c1-3-20-11-6-10(7-11)16-9-4-5-12-13(8-9)15(19)17(2)14(12)18/h4-5,8,10-11,16H,3,6-7H2,1-2H3. The number of ether oxygens (including phenoxy) is 1. The Morgan fingerprint density at radius 1 is 1.25 bits per heavy atom. The van der Waals surface area contributed by atoms with Gasteiger partial charge in [0.05, 0.1) is 17.2 Å². The van der Waals surface area contributed by atoms with Gasteiger partial charge in [-0.25, -0.2) is 0 Å². The fourth-order valence-electron chi connectivity index (χ4n) is 2.74. The quantitative estimate of drug-likeness (QED) is 0.852. The molecule has 5 heteroatoms. The third-order valence-corrected chi connectivity index (χ3v) is 3.96. The molecule has 0 spiro atoms. The van der Waals surface area contributed by atoms with E-state index in [0.717, 1.165) is 30.0 Å². The predicted molar refractivity (Wildman–Crippen MR) is 74.9 cm³/mol. The SMILES string of the molecule is CCOC1CC(Nc2ccc3c(c2)C(=O)N(C)C3=O)C1. The van der Waals surface area contributed by atoms with Gasteiger partial charge in [-0.05, 0) is 38.0 Å². The molecule has 1 aromatic carbocycles. The normalized spacial score (nSPS) is 24.6. The Morgan fingerprint density at radius 3 is 2.65 bits per heavy atom. The largest absolute Gasteiger partial charge is 0.382 e. The molecule has 20 heavy (non-hydrogen) atoms. The van der Waals surface area contributed by atoms with E-state index in [-0.39, 0.29) is 11.8 Å². The van der Waals surface area contributed by atoms with E-state index >= 15 is 0 Å². The fraction of sp³-hybridized carbons (Fsp3) is 0.467. The molecule has 1 aromatic rings.